The quantitative estimate of drug-likeness (QED) is 0.838. The molecule has 2 rings (SSSR count). The summed E-state index contributed by atoms with van der Waals surface area (Å²) in [7, 11) is 1.39. The first-order valence-electron chi connectivity index (χ1n) is 4.57. The molecule has 0 atom stereocenters. The highest BCUT2D eigenvalue weighted by atomic mass is 35.5. The molecule has 0 aliphatic carbocycles. The summed E-state index contributed by atoms with van der Waals surface area (Å²) in [5.41, 5.74) is 0.0299. The number of hydrogen-bond acceptors (Lipinski definition) is 4. The first kappa shape index (κ1) is 11.9. The van der Waals surface area contributed by atoms with Crippen molar-refractivity contribution in [3.05, 3.63) is 45.1 Å². The van der Waals surface area contributed by atoms with Gasteiger partial charge in [-0.3, -0.25) is 4.57 Å². The van der Waals surface area contributed by atoms with E-state index in [0.29, 0.717) is 15.7 Å². The fourth-order valence-electron chi connectivity index (χ4n) is 1.23. The zero-order valence-electron chi connectivity index (χ0n) is 8.72. The van der Waals surface area contributed by atoms with Gasteiger partial charge in [-0.2, -0.15) is 4.98 Å². The van der Waals surface area contributed by atoms with Crippen LogP contribution in [0.2, 0.25) is 10.0 Å². The van der Waals surface area contributed by atoms with Gasteiger partial charge in [-0.1, -0.05) is 23.2 Å². The van der Waals surface area contributed by atoms with Crippen LogP contribution in [0.1, 0.15) is 0 Å². The molecule has 1 aromatic carbocycles. The predicted molar refractivity (Wildman–Crippen MR) is 64.2 cm³/mol. The van der Waals surface area contributed by atoms with Crippen molar-refractivity contribution < 1.29 is 4.74 Å². The normalized spacial score (nSPS) is 10.3. The van der Waals surface area contributed by atoms with Gasteiger partial charge in [-0.05, 0) is 18.2 Å². The summed E-state index contributed by atoms with van der Waals surface area (Å²) in [6.45, 7) is 0. The van der Waals surface area contributed by atoms with E-state index in [9.17, 15) is 4.79 Å². The second-order valence-corrected chi connectivity index (χ2v) is 3.91. The number of hydrogen-bond donors (Lipinski definition) is 0. The van der Waals surface area contributed by atoms with E-state index < -0.39 is 5.69 Å². The Kier molecular flexibility index (Phi) is 3.31. The van der Waals surface area contributed by atoms with Gasteiger partial charge in [0.2, 0.25) is 0 Å². The molecule has 0 N–H and O–H groups in total. The number of aromatic nitrogens is 3. The minimum Gasteiger partial charge on any atom is -0.467 e. The highest BCUT2D eigenvalue weighted by Gasteiger charge is 2.06. The first-order chi connectivity index (χ1) is 8.11. The highest BCUT2D eigenvalue weighted by molar-refractivity contribution is 6.42. The average molecular weight is 272 g/mol. The van der Waals surface area contributed by atoms with E-state index in [1.807, 2.05) is 0 Å². The van der Waals surface area contributed by atoms with Gasteiger partial charge < -0.3 is 4.74 Å². The summed E-state index contributed by atoms with van der Waals surface area (Å²) in [6, 6.07) is 4.81. The molecule has 0 amide bonds. The number of rotatable bonds is 2. The number of ether oxygens (including phenoxy) is 1. The Morgan fingerprint density at radius 2 is 2.06 bits per heavy atom. The van der Waals surface area contributed by atoms with Crippen molar-refractivity contribution >= 4 is 23.2 Å². The second-order valence-electron chi connectivity index (χ2n) is 3.09. The van der Waals surface area contributed by atoms with E-state index in [4.69, 9.17) is 27.9 Å². The maximum absolute atomic E-state index is 11.7. The molecule has 0 spiro atoms. The Balaban J connectivity index is 2.53. The molecule has 0 fully saturated rings. The van der Waals surface area contributed by atoms with Gasteiger partial charge in [0.05, 0.1) is 22.8 Å². The van der Waals surface area contributed by atoms with Gasteiger partial charge in [0.15, 0.2) is 0 Å². The fraction of sp³-hybridized carbons (Fsp3) is 0.100. The first-order valence-corrected chi connectivity index (χ1v) is 5.32. The average Bonchev–Trinajstić information content (AvgIpc) is 2.32. The Morgan fingerprint density at radius 3 is 2.65 bits per heavy atom. The minimum atomic E-state index is -0.504. The van der Waals surface area contributed by atoms with E-state index in [1.54, 1.807) is 18.2 Å². The fourth-order valence-corrected chi connectivity index (χ4v) is 1.52. The lowest BCUT2D eigenvalue weighted by atomic mass is 10.3. The molecule has 17 heavy (non-hydrogen) atoms. The predicted octanol–water partition coefficient (Wildman–Crippen LogP) is 1.94. The van der Waals surface area contributed by atoms with Crippen molar-refractivity contribution in [1.29, 1.82) is 0 Å². The van der Waals surface area contributed by atoms with Crippen molar-refractivity contribution in [2.75, 3.05) is 7.11 Å². The van der Waals surface area contributed by atoms with Crippen molar-refractivity contribution in [3.63, 3.8) is 0 Å². The van der Waals surface area contributed by atoms with Crippen LogP contribution in [0.5, 0.6) is 6.01 Å². The lowest BCUT2D eigenvalue weighted by Crippen LogP contribution is -2.22. The third-order valence-electron chi connectivity index (χ3n) is 2.04. The van der Waals surface area contributed by atoms with Crippen LogP contribution in [-0.4, -0.2) is 21.6 Å². The molecule has 7 heteroatoms. The van der Waals surface area contributed by atoms with Crippen molar-refractivity contribution in [2.45, 2.75) is 0 Å². The van der Waals surface area contributed by atoms with Gasteiger partial charge >= 0.3 is 11.7 Å². The van der Waals surface area contributed by atoms with Gasteiger partial charge in [-0.25, -0.2) is 4.79 Å². The Hall–Kier alpha value is -1.59. The summed E-state index contributed by atoms with van der Waals surface area (Å²) in [5, 5.41) is 0.768. The molecule has 1 aromatic heterocycles. The molecule has 0 aliphatic heterocycles. The Labute approximate surface area is 107 Å². The summed E-state index contributed by atoms with van der Waals surface area (Å²) < 4.78 is 5.99. The largest absolute Gasteiger partial charge is 0.467 e. The molecule has 0 radical (unpaired) electrons. The number of methoxy groups -OCH3 is 1. The third kappa shape index (κ3) is 2.40. The Morgan fingerprint density at radius 1 is 1.29 bits per heavy atom. The molecular weight excluding hydrogens is 265 g/mol. The van der Waals surface area contributed by atoms with E-state index in [2.05, 4.69) is 9.97 Å². The molecule has 0 saturated heterocycles. The van der Waals surface area contributed by atoms with Crippen LogP contribution in [0.3, 0.4) is 0 Å². The highest BCUT2D eigenvalue weighted by Crippen LogP contribution is 2.23. The maximum atomic E-state index is 11.7. The summed E-state index contributed by atoms with van der Waals surface area (Å²) >= 11 is 11.6. The zero-order valence-corrected chi connectivity index (χ0v) is 10.2. The van der Waals surface area contributed by atoms with Crippen molar-refractivity contribution in [2.24, 2.45) is 0 Å². The maximum Gasteiger partial charge on any atom is 0.358 e. The summed E-state index contributed by atoms with van der Waals surface area (Å²) in [4.78, 5) is 19.1. The van der Waals surface area contributed by atoms with Crippen LogP contribution in [-0.2, 0) is 0 Å². The van der Waals surface area contributed by atoms with E-state index in [0.717, 1.165) is 0 Å². The van der Waals surface area contributed by atoms with Gasteiger partial charge in [0.25, 0.3) is 0 Å². The monoisotopic (exact) mass is 271 g/mol. The van der Waals surface area contributed by atoms with Crippen LogP contribution in [0.15, 0.2) is 29.3 Å². The lowest BCUT2D eigenvalue weighted by molar-refractivity contribution is 0.374. The molecular formula is C10H7Cl2N3O2. The van der Waals surface area contributed by atoms with Crippen LogP contribution < -0.4 is 10.4 Å². The molecule has 5 nitrogen and oxygen atoms in total. The molecule has 0 unspecified atom stereocenters. The lowest BCUT2D eigenvalue weighted by Gasteiger charge is -2.05. The minimum absolute atomic E-state index is 0.0197. The van der Waals surface area contributed by atoms with Crippen LogP contribution in [0.4, 0.5) is 0 Å². The molecule has 2 aromatic rings. The van der Waals surface area contributed by atoms with Crippen LogP contribution in [0, 0.1) is 0 Å². The van der Waals surface area contributed by atoms with E-state index in [-0.39, 0.29) is 6.01 Å². The molecule has 0 aliphatic rings. The molecule has 88 valence electrons. The van der Waals surface area contributed by atoms with E-state index in [1.165, 1.54) is 18.0 Å². The number of benzene rings is 1. The van der Waals surface area contributed by atoms with Gasteiger partial charge in [0, 0.05) is 0 Å². The van der Waals surface area contributed by atoms with Crippen LogP contribution in [0.25, 0.3) is 5.69 Å². The molecule has 0 bridgehead atoms. The SMILES string of the molecule is COc1ncn(-c2ccc(Cl)c(Cl)c2)c(=O)n1. The van der Waals surface area contributed by atoms with Crippen molar-refractivity contribution in [1.82, 2.24) is 14.5 Å². The van der Waals surface area contributed by atoms with E-state index >= 15 is 0 Å². The smallest absolute Gasteiger partial charge is 0.358 e. The number of halogens is 2. The van der Waals surface area contributed by atoms with Crippen LogP contribution >= 0.6 is 23.2 Å². The molecule has 0 saturated carbocycles. The topological polar surface area (TPSA) is 57.0 Å². The number of nitrogens with zero attached hydrogens (tertiary/aromatic N) is 3. The molecule has 1 heterocycles. The van der Waals surface area contributed by atoms with Gasteiger partial charge in [0.1, 0.15) is 6.33 Å². The van der Waals surface area contributed by atoms with Crippen molar-refractivity contribution in [3.8, 4) is 11.7 Å². The summed E-state index contributed by atoms with van der Waals surface area (Å²) in [5.74, 6) is 0. The third-order valence-corrected chi connectivity index (χ3v) is 2.78. The Bertz CT molecular complexity index is 613. The second kappa shape index (κ2) is 4.73. The van der Waals surface area contributed by atoms with Gasteiger partial charge in [-0.15, -0.1) is 4.98 Å². The summed E-state index contributed by atoms with van der Waals surface area (Å²) in [6.07, 6.45) is 1.31. The standard InChI is InChI=1S/C10H7Cl2N3O2/c1-17-9-13-5-15(10(16)14-9)6-2-3-7(11)8(12)4-6/h2-5H,1H3. The zero-order chi connectivity index (χ0) is 12.4.